The molecule has 0 aromatic heterocycles. The zero-order valence-electron chi connectivity index (χ0n) is 18.6. The molecule has 3 aromatic rings. The summed E-state index contributed by atoms with van der Waals surface area (Å²) in [6.45, 7) is 7.37. The van der Waals surface area contributed by atoms with Gasteiger partial charge in [0.05, 0.1) is 12.0 Å². The van der Waals surface area contributed by atoms with Gasteiger partial charge >= 0.3 is 0 Å². The zero-order chi connectivity index (χ0) is 21.6. The van der Waals surface area contributed by atoms with Gasteiger partial charge in [0.15, 0.2) is 0 Å². The molecule has 1 aliphatic heterocycles. The van der Waals surface area contributed by atoms with Crippen molar-refractivity contribution in [2.75, 3.05) is 50.1 Å². The normalized spacial score (nSPS) is 14.5. The fourth-order valence-electron chi connectivity index (χ4n) is 3.72. The smallest absolute Gasteiger partial charge is 0.138 e. The van der Waals surface area contributed by atoms with E-state index in [9.17, 15) is 0 Å². The van der Waals surface area contributed by atoms with E-state index >= 15 is 0 Å². The lowest BCUT2D eigenvalue weighted by atomic mass is 10.1. The molecule has 1 fully saturated rings. The molecular formula is C26H31N3OS. The van der Waals surface area contributed by atoms with Gasteiger partial charge in [-0.2, -0.15) is 0 Å². The van der Waals surface area contributed by atoms with Crippen LogP contribution in [0.25, 0.3) is 0 Å². The Labute approximate surface area is 190 Å². The predicted octanol–water partition coefficient (Wildman–Crippen LogP) is 5.47. The average Bonchev–Trinajstić information content (AvgIpc) is 2.80. The van der Waals surface area contributed by atoms with Crippen LogP contribution < -0.4 is 14.0 Å². The standard InChI is InChI=1S/C26H31N3OS/c1-21-4-14-26(15-5-21)31-30-25-12-10-24(11-13-25)29-18-16-28(17-19-29)20-22-6-8-23(9-7-22)27(2)3/h4-15H,16-20H2,1-3H3. The number of hydrogen-bond acceptors (Lipinski definition) is 5. The van der Waals surface area contributed by atoms with Crippen molar-refractivity contribution in [3.05, 3.63) is 83.9 Å². The molecule has 0 spiro atoms. The molecule has 4 rings (SSSR count). The Hall–Kier alpha value is -2.63. The lowest BCUT2D eigenvalue weighted by Gasteiger charge is -2.36. The second kappa shape index (κ2) is 10.1. The number of aryl methyl sites for hydroxylation is 1. The van der Waals surface area contributed by atoms with Crippen molar-refractivity contribution in [3.63, 3.8) is 0 Å². The minimum absolute atomic E-state index is 0.883. The first-order valence-corrected chi connectivity index (χ1v) is 11.6. The number of anilines is 2. The highest BCUT2D eigenvalue weighted by molar-refractivity contribution is 7.95. The molecule has 0 aliphatic carbocycles. The number of hydrogen-bond donors (Lipinski definition) is 0. The SMILES string of the molecule is Cc1ccc(SOc2ccc(N3CCN(Cc4ccc(N(C)C)cc4)CC3)cc2)cc1. The topological polar surface area (TPSA) is 19.0 Å². The third-order valence-electron chi connectivity index (χ3n) is 5.69. The van der Waals surface area contributed by atoms with Crippen LogP contribution in [-0.4, -0.2) is 45.2 Å². The summed E-state index contributed by atoms with van der Waals surface area (Å²) in [4.78, 5) is 8.25. The molecule has 0 unspecified atom stereocenters. The highest BCUT2D eigenvalue weighted by Gasteiger charge is 2.17. The van der Waals surface area contributed by atoms with E-state index in [0.717, 1.165) is 43.4 Å². The van der Waals surface area contributed by atoms with Crippen LogP contribution in [0.4, 0.5) is 11.4 Å². The van der Waals surface area contributed by atoms with E-state index in [1.807, 2.05) is 0 Å². The molecule has 0 atom stereocenters. The van der Waals surface area contributed by atoms with Crippen LogP contribution in [0.2, 0.25) is 0 Å². The van der Waals surface area contributed by atoms with Gasteiger partial charge in [-0.3, -0.25) is 4.90 Å². The quantitative estimate of drug-likeness (QED) is 0.459. The second-order valence-electron chi connectivity index (χ2n) is 8.30. The first-order chi connectivity index (χ1) is 15.1. The van der Waals surface area contributed by atoms with Crippen molar-refractivity contribution in [2.45, 2.75) is 18.4 Å². The molecule has 3 aromatic carbocycles. The first kappa shape index (κ1) is 21.6. The summed E-state index contributed by atoms with van der Waals surface area (Å²) in [5, 5.41) is 0. The lowest BCUT2D eigenvalue weighted by Crippen LogP contribution is -2.45. The molecule has 5 heteroatoms. The van der Waals surface area contributed by atoms with Gasteiger partial charge in [0.25, 0.3) is 0 Å². The Bertz CT molecular complexity index is 947. The van der Waals surface area contributed by atoms with Crippen molar-refractivity contribution >= 4 is 23.4 Å². The van der Waals surface area contributed by atoms with Crippen molar-refractivity contribution < 1.29 is 4.18 Å². The van der Waals surface area contributed by atoms with Crippen LogP contribution in [0.5, 0.6) is 5.75 Å². The summed E-state index contributed by atoms with van der Waals surface area (Å²) >= 11 is 1.40. The third-order valence-corrected chi connectivity index (χ3v) is 6.43. The molecule has 162 valence electrons. The third kappa shape index (κ3) is 5.96. The maximum atomic E-state index is 5.87. The van der Waals surface area contributed by atoms with Gasteiger partial charge in [0.1, 0.15) is 5.75 Å². The summed E-state index contributed by atoms with van der Waals surface area (Å²) in [5.41, 5.74) is 5.16. The molecule has 0 N–H and O–H groups in total. The van der Waals surface area contributed by atoms with Crippen LogP contribution in [0.3, 0.4) is 0 Å². The summed E-state index contributed by atoms with van der Waals surface area (Å²) in [5.74, 6) is 0.883. The highest BCUT2D eigenvalue weighted by Crippen LogP contribution is 2.26. The molecule has 0 amide bonds. The monoisotopic (exact) mass is 433 g/mol. The molecule has 1 saturated heterocycles. The van der Waals surface area contributed by atoms with Gasteiger partial charge in [-0.1, -0.05) is 29.8 Å². The summed E-state index contributed by atoms with van der Waals surface area (Å²) in [6, 6.07) is 25.7. The Morgan fingerprint density at radius 1 is 0.806 bits per heavy atom. The van der Waals surface area contributed by atoms with Gasteiger partial charge in [-0.05, 0) is 61.0 Å². The van der Waals surface area contributed by atoms with Crippen molar-refractivity contribution in [2.24, 2.45) is 0 Å². The molecular weight excluding hydrogens is 402 g/mol. The van der Waals surface area contributed by atoms with E-state index in [4.69, 9.17) is 4.18 Å². The Morgan fingerprint density at radius 3 is 2.06 bits per heavy atom. The van der Waals surface area contributed by atoms with Crippen LogP contribution >= 0.6 is 12.0 Å². The minimum Gasteiger partial charge on any atom is -0.421 e. The molecule has 1 heterocycles. The Balaban J connectivity index is 1.25. The predicted molar refractivity (Wildman–Crippen MR) is 132 cm³/mol. The van der Waals surface area contributed by atoms with Crippen LogP contribution in [0, 0.1) is 6.92 Å². The van der Waals surface area contributed by atoms with E-state index in [0.29, 0.717) is 0 Å². The number of rotatable bonds is 7. The number of nitrogens with zero attached hydrogens (tertiary/aromatic N) is 3. The van der Waals surface area contributed by atoms with Gasteiger partial charge in [-0.15, -0.1) is 0 Å². The molecule has 0 saturated carbocycles. The van der Waals surface area contributed by atoms with Crippen LogP contribution in [0.15, 0.2) is 77.7 Å². The summed E-state index contributed by atoms with van der Waals surface area (Å²) in [6.07, 6.45) is 0. The van der Waals surface area contributed by atoms with E-state index in [2.05, 4.69) is 109 Å². The molecule has 1 aliphatic rings. The Kier molecular flexibility index (Phi) is 7.05. The average molecular weight is 434 g/mol. The van der Waals surface area contributed by atoms with Crippen LogP contribution in [-0.2, 0) is 6.54 Å². The molecule has 31 heavy (non-hydrogen) atoms. The summed E-state index contributed by atoms with van der Waals surface area (Å²) < 4.78 is 5.87. The maximum absolute atomic E-state index is 5.87. The summed E-state index contributed by atoms with van der Waals surface area (Å²) in [7, 11) is 4.16. The van der Waals surface area contributed by atoms with Gasteiger partial charge in [0, 0.05) is 63.1 Å². The van der Waals surface area contributed by atoms with Crippen molar-refractivity contribution in [3.8, 4) is 5.75 Å². The van der Waals surface area contributed by atoms with Crippen LogP contribution in [0.1, 0.15) is 11.1 Å². The number of piperazine rings is 1. The Morgan fingerprint density at radius 2 is 1.45 bits per heavy atom. The van der Waals surface area contributed by atoms with Gasteiger partial charge < -0.3 is 14.0 Å². The fraction of sp³-hybridized carbons (Fsp3) is 0.308. The van der Waals surface area contributed by atoms with E-state index in [1.54, 1.807) is 0 Å². The maximum Gasteiger partial charge on any atom is 0.138 e. The van der Waals surface area contributed by atoms with E-state index in [-0.39, 0.29) is 0 Å². The lowest BCUT2D eigenvalue weighted by molar-refractivity contribution is 0.250. The first-order valence-electron chi connectivity index (χ1n) is 10.8. The van der Waals surface area contributed by atoms with Crippen molar-refractivity contribution in [1.29, 1.82) is 0 Å². The van der Waals surface area contributed by atoms with Crippen molar-refractivity contribution in [1.82, 2.24) is 4.90 Å². The largest absolute Gasteiger partial charge is 0.421 e. The molecule has 0 radical (unpaired) electrons. The fourth-order valence-corrected chi connectivity index (χ4v) is 4.28. The van der Waals surface area contributed by atoms with Gasteiger partial charge in [0.2, 0.25) is 0 Å². The second-order valence-corrected chi connectivity index (χ2v) is 9.10. The van der Waals surface area contributed by atoms with Gasteiger partial charge in [-0.25, -0.2) is 0 Å². The minimum atomic E-state index is 0.883. The molecule has 0 bridgehead atoms. The zero-order valence-corrected chi connectivity index (χ0v) is 19.4. The van der Waals surface area contributed by atoms with E-state index in [1.165, 1.54) is 34.5 Å². The van der Waals surface area contributed by atoms with E-state index < -0.39 is 0 Å². The molecule has 4 nitrogen and oxygen atoms in total. The number of benzene rings is 3. The highest BCUT2D eigenvalue weighted by atomic mass is 32.2.